The largest absolute Gasteiger partial charge is 0.462 e. The van der Waals surface area contributed by atoms with Crippen LogP contribution in [0.25, 0.3) is 0 Å². The fraction of sp³-hybridized carbons (Fsp3) is 0.500. The van der Waals surface area contributed by atoms with Crippen molar-refractivity contribution in [2.24, 2.45) is 0 Å². The molecule has 196 valence electrons. The maximum absolute atomic E-state index is 12.4. The predicted molar refractivity (Wildman–Crippen MR) is 133 cm³/mol. The Morgan fingerprint density at radius 1 is 1.36 bits per heavy atom. The molecule has 12 nitrogen and oxygen atoms in total. The summed E-state index contributed by atoms with van der Waals surface area (Å²) in [6.07, 6.45) is -1.80. The third-order valence-electron chi connectivity index (χ3n) is 5.64. The topological polar surface area (TPSA) is 156 Å². The number of fused-ring (bicyclic) bond motifs is 2. The van der Waals surface area contributed by atoms with Gasteiger partial charge in [0.2, 0.25) is 0 Å². The summed E-state index contributed by atoms with van der Waals surface area (Å²) in [6.45, 7) is 1.46. The maximum atomic E-state index is 12.4. The monoisotopic (exact) mass is 540 g/mol. The molecule has 6 atom stereocenters. The molecule has 2 fully saturated rings. The first-order chi connectivity index (χ1) is 17.0. The minimum absolute atomic E-state index is 0.00189. The first-order valence-corrected chi connectivity index (χ1v) is 14.0. The molecule has 1 unspecified atom stereocenters. The van der Waals surface area contributed by atoms with E-state index in [1.807, 2.05) is 6.07 Å². The van der Waals surface area contributed by atoms with Crippen molar-refractivity contribution in [3.63, 3.8) is 0 Å². The van der Waals surface area contributed by atoms with Gasteiger partial charge in [-0.05, 0) is 50.8 Å². The minimum Gasteiger partial charge on any atom is -0.462 e. The molecule has 0 aliphatic carbocycles. The van der Waals surface area contributed by atoms with E-state index in [1.54, 1.807) is 45.0 Å². The van der Waals surface area contributed by atoms with Crippen LogP contribution in [0.15, 0.2) is 47.4 Å². The van der Waals surface area contributed by atoms with Gasteiger partial charge in [0, 0.05) is 6.20 Å². The van der Waals surface area contributed by atoms with E-state index in [-0.39, 0.29) is 25.1 Å². The van der Waals surface area contributed by atoms with E-state index in [2.05, 4.69) is 10.1 Å². The van der Waals surface area contributed by atoms with E-state index in [1.165, 1.54) is 16.8 Å². The molecule has 2 saturated heterocycles. The Hall–Kier alpha value is -2.38. The van der Waals surface area contributed by atoms with Crippen LogP contribution in [0.2, 0.25) is 0 Å². The molecule has 2 aromatic rings. The number of aliphatic hydroxyl groups excluding tert-OH is 1. The Morgan fingerprint density at radius 2 is 2.08 bits per heavy atom. The summed E-state index contributed by atoms with van der Waals surface area (Å²) < 4.78 is 30.4. The van der Waals surface area contributed by atoms with Gasteiger partial charge in [0.1, 0.15) is 35.4 Å². The summed E-state index contributed by atoms with van der Waals surface area (Å²) in [5.74, 6) is -0.0238. The highest BCUT2D eigenvalue weighted by atomic mass is 32.5. The lowest BCUT2D eigenvalue weighted by Gasteiger charge is -2.33. The third kappa shape index (κ3) is 5.62. The zero-order valence-corrected chi connectivity index (χ0v) is 21.7. The number of nitrogens with one attached hydrogen (secondary N) is 1. The van der Waals surface area contributed by atoms with Crippen molar-refractivity contribution in [2.75, 3.05) is 18.9 Å². The molecule has 0 amide bonds. The quantitative estimate of drug-likeness (QED) is 0.292. The summed E-state index contributed by atoms with van der Waals surface area (Å²) >= 11 is 5.73. The van der Waals surface area contributed by atoms with E-state index >= 15 is 0 Å². The van der Waals surface area contributed by atoms with Crippen LogP contribution < -0.4 is 21.0 Å². The average Bonchev–Trinajstić information content (AvgIpc) is 3.27. The van der Waals surface area contributed by atoms with E-state index in [0.717, 1.165) is 0 Å². The molecular weight excluding hydrogens is 511 g/mol. The smallest absolute Gasteiger partial charge is 0.351 e. The van der Waals surface area contributed by atoms with Crippen LogP contribution in [0.5, 0.6) is 5.75 Å². The number of esters is 1. The molecular formula is C22H29N4O8PS. The lowest BCUT2D eigenvalue weighted by atomic mass is 10.0. The molecule has 36 heavy (non-hydrogen) atoms. The molecule has 0 radical (unpaired) electrons. The number of carbonyl (C=O) groups is 1. The number of ether oxygens (including phenoxy) is 3. The van der Waals surface area contributed by atoms with E-state index in [9.17, 15) is 14.7 Å². The predicted octanol–water partition coefficient (Wildman–Crippen LogP) is 1.10. The normalized spacial score (nSPS) is 27.5. The first-order valence-electron chi connectivity index (χ1n) is 11.3. The number of benzene rings is 1. The van der Waals surface area contributed by atoms with Gasteiger partial charge in [-0.3, -0.25) is 9.36 Å². The van der Waals surface area contributed by atoms with Crippen molar-refractivity contribution in [1.82, 2.24) is 14.6 Å². The summed E-state index contributed by atoms with van der Waals surface area (Å²) in [4.78, 5) is 28.5. The van der Waals surface area contributed by atoms with E-state index < -0.39 is 48.4 Å². The zero-order chi connectivity index (χ0) is 26.1. The molecule has 4 N–H and O–H groups in total. The number of aliphatic hydroxyl groups is 1. The molecule has 2 bridgehead atoms. The Kier molecular flexibility index (Phi) is 7.81. The summed E-state index contributed by atoms with van der Waals surface area (Å²) in [5, 5.41) is 13.9. The standard InChI is InChI=1S/C22H29N4O8PS/c1-13(2)32-20(28)14(3)25-35(36,34-15-7-5-4-6-8-15)31-12-22-11-30-17(18(22)27)19(33-22)26-10-9-16(23)24-21(26)29/h4-10,13-14,17-19,27H,11-12H2,1-3H3,(H,25,36)(H2,23,24,29)/t14-,17-,18+,19-,22-,35?/m1/s1. The van der Waals surface area contributed by atoms with Gasteiger partial charge in [-0.1, -0.05) is 18.2 Å². The van der Waals surface area contributed by atoms with Gasteiger partial charge in [-0.25, -0.2) is 9.88 Å². The highest BCUT2D eigenvalue weighted by molar-refractivity contribution is 8.09. The number of nitrogen functional groups attached to an aromatic ring is 1. The van der Waals surface area contributed by atoms with Gasteiger partial charge in [0.05, 0.1) is 19.3 Å². The van der Waals surface area contributed by atoms with Crippen molar-refractivity contribution < 1.29 is 33.2 Å². The van der Waals surface area contributed by atoms with Crippen LogP contribution >= 0.6 is 6.64 Å². The second kappa shape index (κ2) is 10.5. The van der Waals surface area contributed by atoms with Crippen LogP contribution in [-0.4, -0.2) is 63.8 Å². The summed E-state index contributed by atoms with van der Waals surface area (Å²) in [7, 11) is 0. The summed E-state index contributed by atoms with van der Waals surface area (Å²) in [6, 6.07) is 9.37. The van der Waals surface area contributed by atoms with Gasteiger partial charge in [-0.15, -0.1) is 0 Å². The van der Waals surface area contributed by atoms with Gasteiger partial charge >= 0.3 is 18.3 Å². The van der Waals surface area contributed by atoms with Crippen LogP contribution in [0.1, 0.15) is 27.0 Å². The lowest BCUT2D eigenvalue weighted by molar-refractivity contribution is -0.184. The van der Waals surface area contributed by atoms with Crippen molar-refractivity contribution >= 4 is 30.2 Å². The number of hydrogen-bond donors (Lipinski definition) is 3. The van der Waals surface area contributed by atoms with Crippen molar-refractivity contribution in [1.29, 1.82) is 0 Å². The number of carbonyl (C=O) groups excluding carboxylic acids is 1. The first kappa shape index (κ1) is 26.7. The van der Waals surface area contributed by atoms with Gasteiger partial charge in [-0.2, -0.15) is 4.98 Å². The highest BCUT2D eigenvalue weighted by Crippen LogP contribution is 2.50. The fourth-order valence-corrected chi connectivity index (χ4v) is 6.33. The number of anilines is 1. The molecule has 3 heterocycles. The molecule has 4 rings (SSSR count). The molecule has 0 saturated carbocycles. The Morgan fingerprint density at radius 3 is 2.75 bits per heavy atom. The van der Waals surface area contributed by atoms with Crippen molar-refractivity contribution in [3.8, 4) is 5.75 Å². The second-order valence-electron chi connectivity index (χ2n) is 8.85. The van der Waals surface area contributed by atoms with E-state index in [4.69, 9.17) is 40.8 Å². The number of rotatable bonds is 10. The van der Waals surface area contributed by atoms with Crippen molar-refractivity contribution in [2.45, 2.75) is 57.0 Å². The number of nitrogens with two attached hydrogens (primary N) is 1. The lowest BCUT2D eigenvalue weighted by Crippen LogP contribution is -2.46. The van der Waals surface area contributed by atoms with Crippen molar-refractivity contribution in [3.05, 3.63) is 53.1 Å². The highest BCUT2D eigenvalue weighted by Gasteiger charge is 2.62. The molecule has 1 aromatic carbocycles. The molecule has 2 aliphatic heterocycles. The Bertz CT molecular complexity index is 1200. The fourth-order valence-electron chi connectivity index (χ4n) is 3.89. The number of hydrogen-bond acceptors (Lipinski definition) is 11. The molecule has 2 aliphatic rings. The number of aromatic nitrogens is 2. The maximum Gasteiger partial charge on any atom is 0.351 e. The Labute approximate surface area is 212 Å². The van der Waals surface area contributed by atoms with Gasteiger partial charge in [0.15, 0.2) is 6.23 Å². The minimum atomic E-state index is -3.38. The zero-order valence-electron chi connectivity index (χ0n) is 20.0. The van der Waals surface area contributed by atoms with Crippen LogP contribution in [-0.2, 0) is 35.3 Å². The summed E-state index contributed by atoms with van der Waals surface area (Å²) in [5.41, 5.74) is 3.60. The van der Waals surface area contributed by atoms with E-state index in [0.29, 0.717) is 5.75 Å². The SMILES string of the molecule is CC(C)OC(=O)[C@@H](C)NP(=S)(OC[C@@]12CO[C@@H]([C@H](n3ccc(N)nc3=O)O1)[C@@H]2O)Oc1ccccc1. The molecule has 0 spiro atoms. The Balaban J connectivity index is 1.53. The van der Waals surface area contributed by atoms with Crippen LogP contribution in [0.4, 0.5) is 5.82 Å². The number of para-hydroxylation sites is 1. The van der Waals surface area contributed by atoms with Gasteiger partial charge < -0.3 is 34.1 Å². The van der Waals surface area contributed by atoms with Crippen LogP contribution in [0.3, 0.4) is 0 Å². The number of nitrogens with zero attached hydrogens (tertiary/aromatic N) is 2. The molecule has 14 heteroatoms. The average molecular weight is 541 g/mol. The second-order valence-corrected chi connectivity index (χ2v) is 12.0. The van der Waals surface area contributed by atoms with Crippen LogP contribution in [0, 0.1) is 0 Å². The molecule has 1 aromatic heterocycles. The third-order valence-corrected chi connectivity index (χ3v) is 8.12. The van der Waals surface area contributed by atoms with Gasteiger partial charge in [0.25, 0.3) is 0 Å².